The van der Waals surface area contributed by atoms with Crippen LogP contribution < -0.4 is 5.32 Å². The summed E-state index contributed by atoms with van der Waals surface area (Å²) in [4.78, 5) is 0. The maximum Gasteiger partial charge on any atom is 0.117 e. The second-order valence-corrected chi connectivity index (χ2v) is 4.69. The van der Waals surface area contributed by atoms with E-state index in [-0.39, 0.29) is 0 Å². The molecule has 0 aliphatic carbocycles. The Morgan fingerprint density at radius 2 is 2.05 bits per heavy atom. The highest BCUT2D eigenvalue weighted by Crippen LogP contribution is 2.17. The monoisotopic (exact) mass is 261 g/mol. The number of aromatic nitrogens is 2. The summed E-state index contributed by atoms with van der Waals surface area (Å²) >= 11 is 0. The Morgan fingerprint density at radius 1 is 1.26 bits per heavy atom. The average molecular weight is 261 g/mol. The van der Waals surface area contributed by atoms with Gasteiger partial charge in [0.1, 0.15) is 11.5 Å². The zero-order valence-corrected chi connectivity index (χ0v) is 12.0. The number of furan rings is 1. The molecule has 1 unspecified atom stereocenters. The first-order valence-electron chi connectivity index (χ1n) is 7.10. The fourth-order valence-corrected chi connectivity index (χ4v) is 2.16. The van der Waals surface area contributed by atoms with Crippen molar-refractivity contribution < 1.29 is 4.42 Å². The van der Waals surface area contributed by atoms with Crippen LogP contribution in [0.4, 0.5) is 0 Å². The molecular weight excluding hydrogens is 238 g/mol. The summed E-state index contributed by atoms with van der Waals surface area (Å²) in [7, 11) is 0. The minimum Gasteiger partial charge on any atom is -0.465 e. The van der Waals surface area contributed by atoms with Crippen LogP contribution in [0, 0.1) is 0 Å². The van der Waals surface area contributed by atoms with Crippen LogP contribution in [0.15, 0.2) is 28.9 Å². The zero-order chi connectivity index (χ0) is 13.7. The Labute approximate surface area is 114 Å². The van der Waals surface area contributed by atoms with Gasteiger partial charge in [0.2, 0.25) is 0 Å². The Morgan fingerprint density at radius 3 is 2.63 bits per heavy atom. The molecule has 1 N–H and O–H groups in total. The van der Waals surface area contributed by atoms with E-state index < -0.39 is 0 Å². The zero-order valence-electron chi connectivity index (χ0n) is 12.0. The highest BCUT2D eigenvalue weighted by atomic mass is 16.3. The van der Waals surface area contributed by atoms with Crippen LogP contribution in [0.25, 0.3) is 0 Å². The summed E-state index contributed by atoms with van der Waals surface area (Å²) in [6, 6.07) is 4.43. The van der Waals surface area contributed by atoms with Gasteiger partial charge in [-0.25, -0.2) is 0 Å². The van der Waals surface area contributed by atoms with Crippen LogP contribution in [0.5, 0.6) is 0 Å². The van der Waals surface area contributed by atoms with Crippen LogP contribution in [-0.2, 0) is 19.5 Å². The maximum absolute atomic E-state index is 5.71. The molecule has 2 heterocycles. The van der Waals surface area contributed by atoms with Crippen molar-refractivity contribution in [3.05, 3.63) is 41.6 Å². The third kappa shape index (κ3) is 3.47. The van der Waals surface area contributed by atoms with Gasteiger partial charge in [0.15, 0.2) is 0 Å². The van der Waals surface area contributed by atoms with Gasteiger partial charge in [-0.05, 0) is 25.5 Å². The predicted molar refractivity (Wildman–Crippen MR) is 75.9 cm³/mol. The van der Waals surface area contributed by atoms with Crippen LogP contribution >= 0.6 is 0 Å². The Bertz CT molecular complexity index is 501. The first kappa shape index (κ1) is 13.9. The van der Waals surface area contributed by atoms with E-state index in [1.54, 1.807) is 0 Å². The number of aryl methyl sites for hydroxylation is 2. The molecular formula is C15H23N3O. The molecule has 0 amide bonds. The van der Waals surface area contributed by atoms with Crippen molar-refractivity contribution in [1.82, 2.24) is 15.1 Å². The van der Waals surface area contributed by atoms with Crippen LogP contribution in [0.2, 0.25) is 0 Å². The van der Waals surface area contributed by atoms with Gasteiger partial charge < -0.3 is 9.73 Å². The molecule has 0 radical (unpaired) electrons. The molecule has 0 aromatic carbocycles. The lowest BCUT2D eigenvalue weighted by molar-refractivity contribution is 0.423. The van der Waals surface area contributed by atoms with Crippen LogP contribution in [0.1, 0.15) is 50.3 Å². The van der Waals surface area contributed by atoms with E-state index in [0.717, 1.165) is 37.5 Å². The summed E-state index contributed by atoms with van der Waals surface area (Å²) < 4.78 is 7.67. The van der Waals surface area contributed by atoms with Gasteiger partial charge in [0, 0.05) is 30.8 Å². The number of nitrogens with zero attached hydrogens (tertiary/aromatic N) is 2. The molecule has 0 saturated heterocycles. The molecule has 2 aromatic rings. The SMILES string of the molecule is CCc1ccc(CNC(CC)c2cnn(CC)c2)o1. The molecule has 0 saturated carbocycles. The van der Waals surface area contributed by atoms with Crippen molar-refractivity contribution >= 4 is 0 Å². The van der Waals surface area contributed by atoms with E-state index in [1.165, 1.54) is 5.56 Å². The second kappa shape index (κ2) is 6.57. The summed E-state index contributed by atoms with van der Waals surface area (Å²) in [5.74, 6) is 2.04. The van der Waals surface area contributed by atoms with Gasteiger partial charge in [0.25, 0.3) is 0 Å². The lowest BCUT2D eigenvalue weighted by atomic mass is 10.1. The van der Waals surface area contributed by atoms with Crippen molar-refractivity contribution in [1.29, 1.82) is 0 Å². The summed E-state index contributed by atoms with van der Waals surface area (Å²) in [5, 5.41) is 7.86. The van der Waals surface area contributed by atoms with Crippen molar-refractivity contribution in [2.45, 2.75) is 52.7 Å². The highest BCUT2D eigenvalue weighted by Gasteiger charge is 2.11. The molecule has 19 heavy (non-hydrogen) atoms. The maximum atomic E-state index is 5.71. The van der Waals surface area contributed by atoms with E-state index in [2.05, 4.69) is 37.4 Å². The molecule has 2 rings (SSSR count). The molecule has 2 aromatic heterocycles. The van der Waals surface area contributed by atoms with Crippen molar-refractivity contribution in [2.24, 2.45) is 0 Å². The Balaban J connectivity index is 1.95. The second-order valence-electron chi connectivity index (χ2n) is 4.69. The highest BCUT2D eigenvalue weighted by molar-refractivity contribution is 5.11. The Kier molecular flexibility index (Phi) is 4.80. The molecule has 104 valence electrons. The summed E-state index contributed by atoms with van der Waals surface area (Å²) in [6.45, 7) is 8.05. The standard InChI is InChI=1S/C15H23N3O/c1-4-13-7-8-14(19-13)10-16-15(5-2)12-9-17-18(6-3)11-12/h7-9,11,15-16H,4-6,10H2,1-3H3. The van der Waals surface area contributed by atoms with Gasteiger partial charge in [-0.15, -0.1) is 0 Å². The lowest BCUT2D eigenvalue weighted by Gasteiger charge is -2.14. The molecule has 1 atom stereocenters. The number of hydrogen-bond donors (Lipinski definition) is 1. The molecule has 4 heteroatoms. The minimum absolute atomic E-state index is 0.329. The summed E-state index contributed by atoms with van der Waals surface area (Å²) in [6.07, 6.45) is 6.04. The van der Waals surface area contributed by atoms with Crippen LogP contribution in [0.3, 0.4) is 0 Å². The molecule has 0 fully saturated rings. The van der Waals surface area contributed by atoms with Gasteiger partial charge in [-0.3, -0.25) is 4.68 Å². The minimum atomic E-state index is 0.329. The molecule has 0 bridgehead atoms. The third-order valence-corrected chi connectivity index (χ3v) is 3.38. The lowest BCUT2D eigenvalue weighted by Crippen LogP contribution is -2.19. The van der Waals surface area contributed by atoms with E-state index in [4.69, 9.17) is 4.42 Å². The fourth-order valence-electron chi connectivity index (χ4n) is 2.16. The first-order valence-corrected chi connectivity index (χ1v) is 7.10. The molecule has 0 aliphatic rings. The van der Waals surface area contributed by atoms with Gasteiger partial charge in [0.05, 0.1) is 12.7 Å². The predicted octanol–water partition coefficient (Wildman–Crippen LogP) is 3.30. The number of nitrogens with one attached hydrogen (secondary N) is 1. The smallest absolute Gasteiger partial charge is 0.117 e. The van der Waals surface area contributed by atoms with E-state index in [0.29, 0.717) is 6.04 Å². The van der Waals surface area contributed by atoms with E-state index in [9.17, 15) is 0 Å². The molecule has 0 aliphatic heterocycles. The first-order chi connectivity index (χ1) is 9.26. The number of rotatable bonds is 7. The molecule has 0 spiro atoms. The number of hydrogen-bond acceptors (Lipinski definition) is 3. The normalized spacial score (nSPS) is 12.8. The van der Waals surface area contributed by atoms with Gasteiger partial charge in [-0.1, -0.05) is 13.8 Å². The topological polar surface area (TPSA) is 43.0 Å². The largest absolute Gasteiger partial charge is 0.465 e. The van der Waals surface area contributed by atoms with E-state index >= 15 is 0 Å². The van der Waals surface area contributed by atoms with Crippen LogP contribution in [-0.4, -0.2) is 9.78 Å². The van der Waals surface area contributed by atoms with Gasteiger partial charge in [-0.2, -0.15) is 5.10 Å². The van der Waals surface area contributed by atoms with Crippen molar-refractivity contribution in [3.8, 4) is 0 Å². The van der Waals surface area contributed by atoms with Crippen molar-refractivity contribution in [3.63, 3.8) is 0 Å². The Hall–Kier alpha value is -1.55. The molecule has 4 nitrogen and oxygen atoms in total. The van der Waals surface area contributed by atoms with E-state index in [1.807, 2.05) is 23.0 Å². The summed E-state index contributed by atoms with van der Waals surface area (Å²) in [5.41, 5.74) is 1.24. The fraction of sp³-hybridized carbons (Fsp3) is 0.533. The van der Waals surface area contributed by atoms with Gasteiger partial charge >= 0.3 is 0 Å². The van der Waals surface area contributed by atoms with Crippen molar-refractivity contribution in [2.75, 3.05) is 0 Å². The quantitative estimate of drug-likeness (QED) is 0.831. The third-order valence-electron chi connectivity index (χ3n) is 3.38. The average Bonchev–Trinajstić information content (AvgIpc) is 3.08.